The largest absolute Gasteiger partial charge is 2.00 e. The Kier molecular flexibility index (Phi) is 6.89. The van der Waals surface area contributed by atoms with Crippen molar-refractivity contribution in [3.63, 3.8) is 0 Å². The maximum atomic E-state index is 5.29. The third kappa shape index (κ3) is 5.16. The van der Waals surface area contributed by atoms with Crippen molar-refractivity contribution in [3.05, 3.63) is 0 Å². The molecule has 0 saturated heterocycles. The summed E-state index contributed by atoms with van der Waals surface area (Å²) < 4.78 is 5.68. The number of thiol groups is 1. The van der Waals surface area contributed by atoms with Crippen LogP contribution in [0.25, 0.3) is 0 Å². The van der Waals surface area contributed by atoms with E-state index in [1.807, 2.05) is 0 Å². The molecule has 1 nitrogen and oxygen atoms in total. The number of rotatable bonds is 1. The standard InChI is InChI=1S/C7H12OS2.Zn/c9-7(10)8-6-4-2-1-3-5-6;/h6H,1-5H2,(H,9,10);/q;+2. The Balaban J connectivity index is 0.000001000. The van der Waals surface area contributed by atoms with Gasteiger partial charge >= 0.3 is 19.5 Å². The van der Waals surface area contributed by atoms with E-state index in [2.05, 4.69) is 12.6 Å². The first-order valence-electron chi connectivity index (χ1n) is 3.68. The van der Waals surface area contributed by atoms with Crippen molar-refractivity contribution in [1.29, 1.82) is 0 Å². The molecule has 58 valence electrons. The molecule has 0 atom stereocenters. The first-order chi connectivity index (χ1) is 4.79. The molecule has 11 heavy (non-hydrogen) atoms. The van der Waals surface area contributed by atoms with Gasteiger partial charge in [0, 0.05) is 0 Å². The van der Waals surface area contributed by atoms with E-state index in [1.54, 1.807) is 0 Å². The van der Waals surface area contributed by atoms with Crippen molar-refractivity contribution in [2.45, 2.75) is 38.2 Å². The molecule has 0 heterocycles. The van der Waals surface area contributed by atoms with Crippen molar-refractivity contribution in [2.24, 2.45) is 0 Å². The average Bonchev–Trinajstić information content (AvgIpc) is 1.88. The number of ether oxygens (including phenoxy) is 1. The van der Waals surface area contributed by atoms with Gasteiger partial charge in [-0.1, -0.05) is 19.0 Å². The minimum atomic E-state index is 0. The van der Waals surface area contributed by atoms with E-state index < -0.39 is 0 Å². The summed E-state index contributed by atoms with van der Waals surface area (Å²) in [5.74, 6) is 0. The second-order valence-electron chi connectivity index (χ2n) is 2.64. The zero-order valence-corrected chi connectivity index (χ0v) is 11.3. The van der Waals surface area contributed by atoms with Crippen LogP contribution in [0.5, 0.6) is 0 Å². The molecule has 0 aromatic rings. The van der Waals surface area contributed by atoms with E-state index in [0.29, 0.717) is 10.5 Å². The van der Waals surface area contributed by atoms with Gasteiger partial charge in [0.05, 0.1) is 0 Å². The zero-order chi connectivity index (χ0) is 7.40. The summed E-state index contributed by atoms with van der Waals surface area (Å²) in [6, 6.07) is 0. The number of hydrogen-bond donors (Lipinski definition) is 1. The first-order valence-corrected chi connectivity index (χ1v) is 4.54. The van der Waals surface area contributed by atoms with Crippen LogP contribution in [0.1, 0.15) is 32.1 Å². The van der Waals surface area contributed by atoms with E-state index in [1.165, 1.54) is 19.3 Å². The molecule has 0 aliphatic heterocycles. The molecule has 1 fully saturated rings. The van der Waals surface area contributed by atoms with Crippen LogP contribution < -0.4 is 0 Å². The van der Waals surface area contributed by atoms with Gasteiger partial charge in [0.15, 0.2) is 0 Å². The Morgan fingerprint density at radius 3 is 2.27 bits per heavy atom. The summed E-state index contributed by atoms with van der Waals surface area (Å²) in [6.45, 7) is 0. The molecule has 1 aliphatic carbocycles. The fraction of sp³-hybridized carbons (Fsp3) is 0.857. The second-order valence-corrected chi connectivity index (χ2v) is 3.72. The van der Waals surface area contributed by atoms with Crippen LogP contribution in [0.3, 0.4) is 0 Å². The van der Waals surface area contributed by atoms with Gasteiger partial charge in [0.2, 0.25) is 4.38 Å². The molecule has 0 aromatic carbocycles. The third-order valence-corrected chi connectivity index (χ3v) is 2.02. The number of hydrogen-bond acceptors (Lipinski definition) is 2. The van der Waals surface area contributed by atoms with Gasteiger partial charge in [-0.25, -0.2) is 0 Å². The van der Waals surface area contributed by atoms with E-state index in [9.17, 15) is 0 Å². The van der Waals surface area contributed by atoms with Gasteiger partial charge in [-0.05, 0) is 37.9 Å². The molecule has 1 saturated carbocycles. The molecule has 0 N–H and O–H groups in total. The van der Waals surface area contributed by atoms with Crippen molar-refractivity contribution < 1.29 is 24.2 Å². The molecule has 0 aromatic heterocycles. The maximum absolute atomic E-state index is 5.29. The molecule has 0 radical (unpaired) electrons. The summed E-state index contributed by atoms with van der Waals surface area (Å²) in [7, 11) is 0. The Bertz CT molecular complexity index is 124. The normalized spacial score (nSPS) is 18.6. The average molecular weight is 242 g/mol. The Labute approximate surface area is 91.4 Å². The van der Waals surface area contributed by atoms with E-state index in [4.69, 9.17) is 17.0 Å². The Hall–Kier alpha value is 0.863. The van der Waals surface area contributed by atoms with Crippen LogP contribution in [0, 0.1) is 0 Å². The van der Waals surface area contributed by atoms with Crippen molar-refractivity contribution >= 4 is 29.2 Å². The molecule has 1 rings (SSSR count). The topological polar surface area (TPSA) is 9.23 Å². The molecule has 4 heteroatoms. The van der Waals surface area contributed by atoms with E-state index >= 15 is 0 Å². The summed E-state index contributed by atoms with van der Waals surface area (Å²) >= 11 is 8.64. The fourth-order valence-electron chi connectivity index (χ4n) is 1.33. The minimum Gasteiger partial charge on any atom is -0.475 e. The van der Waals surface area contributed by atoms with Gasteiger partial charge in [0.25, 0.3) is 0 Å². The van der Waals surface area contributed by atoms with Crippen molar-refractivity contribution in [2.75, 3.05) is 0 Å². The molecule has 1 aliphatic rings. The van der Waals surface area contributed by atoms with Crippen LogP contribution in [-0.4, -0.2) is 10.5 Å². The smallest absolute Gasteiger partial charge is 0.475 e. The minimum absolute atomic E-state index is 0. The van der Waals surface area contributed by atoms with Gasteiger partial charge < -0.3 is 4.74 Å². The van der Waals surface area contributed by atoms with Gasteiger partial charge in [-0.2, -0.15) is 0 Å². The maximum Gasteiger partial charge on any atom is 2.00 e. The molecule has 0 amide bonds. The van der Waals surface area contributed by atoms with Crippen LogP contribution >= 0.6 is 24.8 Å². The summed E-state index contributed by atoms with van der Waals surface area (Å²) in [6.07, 6.45) is 6.57. The van der Waals surface area contributed by atoms with E-state index in [-0.39, 0.29) is 19.5 Å². The predicted octanol–water partition coefficient (Wildman–Crippen LogP) is 2.55. The molecular weight excluding hydrogens is 230 g/mol. The summed E-state index contributed by atoms with van der Waals surface area (Å²) in [4.78, 5) is 0. The van der Waals surface area contributed by atoms with Crippen LogP contribution in [-0.2, 0) is 24.2 Å². The van der Waals surface area contributed by atoms with Crippen molar-refractivity contribution in [3.8, 4) is 0 Å². The predicted molar refractivity (Wildman–Crippen MR) is 49.5 cm³/mol. The van der Waals surface area contributed by atoms with Gasteiger partial charge in [-0.3, -0.25) is 0 Å². The van der Waals surface area contributed by atoms with E-state index in [0.717, 1.165) is 12.8 Å². The molecule has 0 unspecified atom stereocenters. The Morgan fingerprint density at radius 2 is 1.82 bits per heavy atom. The second kappa shape index (κ2) is 6.39. The van der Waals surface area contributed by atoms with Crippen LogP contribution in [0.2, 0.25) is 0 Å². The third-order valence-electron chi connectivity index (χ3n) is 1.82. The van der Waals surface area contributed by atoms with Crippen LogP contribution in [0.15, 0.2) is 0 Å². The van der Waals surface area contributed by atoms with Crippen molar-refractivity contribution in [1.82, 2.24) is 0 Å². The zero-order valence-electron chi connectivity index (χ0n) is 6.58. The summed E-state index contributed by atoms with van der Waals surface area (Å²) in [5.41, 5.74) is 0. The molecule has 0 spiro atoms. The molecular formula is C7H12OS2Zn+2. The number of thiocarbonyl (C=S) groups is 1. The van der Waals surface area contributed by atoms with Gasteiger partial charge in [0.1, 0.15) is 6.10 Å². The fourth-order valence-corrected chi connectivity index (χ4v) is 1.61. The summed E-state index contributed by atoms with van der Waals surface area (Å²) in [5, 5.41) is 0. The quantitative estimate of drug-likeness (QED) is 0.429. The van der Waals surface area contributed by atoms with Gasteiger partial charge in [-0.15, -0.1) is 0 Å². The molecule has 0 bridgehead atoms. The SMILES string of the molecule is S=C(S)OC1CCCCC1.[Zn+2]. The Morgan fingerprint density at radius 1 is 1.27 bits per heavy atom. The monoisotopic (exact) mass is 240 g/mol. The van der Waals surface area contributed by atoms with Crippen LogP contribution in [0.4, 0.5) is 0 Å². The first kappa shape index (κ1) is 11.9.